The number of hydrogen-bond donors (Lipinski definition) is 2. The first kappa shape index (κ1) is 17.9. The minimum absolute atomic E-state index is 0.0387. The van der Waals surface area contributed by atoms with Crippen molar-refractivity contribution in [2.75, 3.05) is 18.6 Å². The summed E-state index contributed by atoms with van der Waals surface area (Å²) in [6.45, 7) is -0.266. The maximum absolute atomic E-state index is 12.6. The van der Waals surface area contributed by atoms with E-state index in [4.69, 9.17) is 10.00 Å². The number of hydrogen-bond acceptors (Lipinski definition) is 5. The van der Waals surface area contributed by atoms with Crippen molar-refractivity contribution in [3.05, 3.63) is 53.2 Å². The molecule has 28 heavy (non-hydrogen) atoms. The molecule has 0 bridgehead atoms. The van der Waals surface area contributed by atoms with E-state index in [1.54, 1.807) is 30.3 Å². The summed E-state index contributed by atoms with van der Waals surface area (Å²) in [7, 11) is 0. The van der Waals surface area contributed by atoms with Gasteiger partial charge in [-0.1, -0.05) is 12.1 Å². The highest BCUT2D eigenvalue weighted by atomic mass is 19.1. The van der Waals surface area contributed by atoms with Crippen LogP contribution >= 0.6 is 0 Å². The number of urea groups is 1. The van der Waals surface area contributed by atoms with Crippen molar-refractivity contribution >= 4 is 17.6 Å². The molecular weight excluding hydrogens is 363 g/mol. The number of anilines is 1. The van der Waals surface area contributed by atoms with E-state index in [1.165, 1.54) is 6.20 Å². The van der Waals surface area contributed by atoms with Crippen molar-refractivity contribution in [3.63, 3.8) is 0 Å². The van der Waals surface area contributed by atoms with Gasteiger partial charge in [-0.3, -0.25) is 14.5 Å². The lowest BCUT2D eigenvalue weighted by molar-refractivity contribution is 0.0972. The van der Waals surface area contributed by atoms with Crippen LogP contribution in [0.15, 0.2) is 36.5 Å². The van der Waals surface area contributed by atoms with Crippen LogP contribution in [0.2, 0.25) is 0 Å². The molecule has 1 aromatic carbocycles. The van der Waals surface area contributed by atoms with Crippen molar-refractivity contribution in [1.82, 2.24) is 10.3 Å². The molecule has 0 saturated heterocycles. The lowest BCUT2D eigenvalue weighted by Gasteiger charge is -2.18. The molecule has 142 valence electrons. The van der Waals surface area contributed by atoms with Gasteiger partial charge in [0.1, 0.15) is 17.6 Å². The number of nitrogens with one attached hydrogen (secondary N) is 2. The number of pyridine rings is 1. The fourth-order valence-corrected chi connectivity index (χ4v) is 3.67. The third-order valence-electron chi connectivity index (χ3n) is 5.05. The summed E-state index contributed by atoms with van der Waals surface area (Å²) in [6, 6.07) is 9.65. The third kappa shape index (κ3) is 3.27. The number of rotatable bonds is 5. The van der Waals surface area contributed by atoms with Crippen molar-refractivity contribution in [2.24, 2.45) is 5.92 Å². The van der Waals surface area contributed by atoms with E-state index in [9.17, 15) is 14.0 Å². The molecule has 2 N–H and O–H groups in total. The number of fused-ring (bicyclic) bond motifs is 3. The van der Waals surface area contributed by atoms with E-state index in [0.717, 1.165) is 5.56 Å². The Labute approximate surface area is 160 Å². The summed E-state index contributed by atoms with van der Waals surface area (Å²) in [4.78, 5) is 28.6. The fraction of sp³-hybridized carbons (Fsp3) is 0.300. The number of aromatic nitrogens is 1. The zero-order chi connectivity index (χ0) is 19.7. The summed E-state index contributed by atoms with van der Waals surface area (Å²) < 4.78 is 18.4. The summed E-state index contributed by atoms with van der Waals surface area (Å²) >= 11 is 0. The molecule has 2 heterocycles. The maximum atomic E-state index is 12.6. The highest BCUT2D eigenvalue weighted by Gasteiger charge is 2.56. The Balaban J connectivity index is 1.47. The van der Waals surface area contributed by atoms with Crippen LogP contribution in [0.5, 0.6) is 5.75 Å². The van der Waals surface area contributed by atoms with Crippen LogP contribution in [0, 0.1) is 17.2 Å². The number of benzene rings is 1. The van der Waals surface area contributed by atoms with E-state index < -0.39 is 12.7 Å². The topological polar surface area (TPSA) is 104 Å². The van der Waals surface area contributed by atoms with E-state index >= 15 is 0 Å². The first-order chi connectivity index (χ1) is 13.6. The second-order valence-electron chi connectivity index (χ2n) is 6.75. The van der Waals surface area contributed by atoms with Gasteiger partial charge in [-0.25, -0.2) is 9.78 Å². The van der Waals surface area contributed by atoms with Gasteiger partial charge in [0.2, 0.25) is 0 Å². The van der Waals surface area contributed by atoms with E-state index in [2.05, 4.69) is 15.6 Å². The monoisotopic (exact) mass is 380 g/mol. The number of nitriles is 1. The van der Waals surface area contributed by atoms with Crippen LogP contribution in [0.1, 0.15) is 33.8 Å². The van der Waals surface area contributed by atoms with E-state index in [1.807, 2.05) is 6.07 Å². The molecule has 1 aliphatic carbocycles. The maximum Gasteiger partial charge on any atom is 0.320 e. The SMILES string of the molecule is N#Cc1ccc(NC(=O)NC2[C@H]3COc4cccc(C(=O)CCF)c4[C@@H]23)nc1. The van der Waals surface area contributed by atoms with E-state index in [0.29, 0.717) is 29.3 Å². The van der Waals surface area contributed by atoms with Crippen LogP contribution in [0.4, 0.5) is 15.0 Å². The molecule has 2 amide bonds. The van der Waals surface area contributed by atoms with Gasteiger partial charge in [-0.05, 0) is 18.2 Å². The molecule has 1 aliphatic heterocycles. The molecule has 1 aromatic heterocycles. The van der Waals surface area contributed by atoms with Crippen molar-refractivity contribution in [3.8, 4) is 11.8 Å². The van der Waals surface area contributed by atoms with Gasteiger partial charge in [0, 0.05) is 41.6 Å². The van der Waals surface area contributed by atoms with Crippen LogP contribution in [0.3, 0.4) is 0 Å². The van der Waals surface area contributed by atoms with Gasteiger partial charge in [-0.2, -0.15) is 5.26 Å². The van der Waals surface area contributed by atoms with Crippen LogP contribution in [-0.2, 0) is 0 Å². The molecule has 1 fully saturated rings. The van der Waals surface area contributed by atoms with Gasteiger partial charge >= 0.3 is 6.03 Å². The van der Waals surface area contributed by atoms with Gasteiger partial charge in [0.15, 0.2) is 5.78 Å². The Bertz CT molecular complexity index is 970. The molecule has 3 atom stereocenters. The first-order valence-electron chi connectivity index (χ1n) is 8.91. The quantitative estimate of drug-likeness (QED) is 0.776. The van der Waals surface area contributed by atoms with Crippen LogP contribution in [0.25, 0.3) is 0 Å². The fourth-order valence-electron chi connectivity index (χ4n) is 3.67. The van der Waals surface area contributed by atoms with Crippen LogP contribution < -0.4 is 15.4 Å². The summed E-state index contributed by atoms with van der Waals surface area (Å²) in [6.07, 6.45) is 1.20. The van der Waals surface area contributed by atoms with E-state index in [-0.39, 0.29) is 30.1 Å². The van der Waals surface area contributed by atoms with Gasteiger partial charge < -0.3 is 10.1 Å². The number of nitrogens with zero attached hydrogens (tertiary/aromatic N) is 2. The Morgan fingerprint density at radius 2 is 2.18 bits per heavy atom. The Morgan fingerprint density at radius 3 is 2.89 bits per heavy atom. The first-order valence-corrected chi connectivity index (χ1v) is 8.91. The molecule has 1 unspecified atom stereocenters. The molecule has 2 aromatic rings. The highest BCUT2D eigenvalue weighted by Crippen LogP contribution is 2.55. The number of carbonyl (C=O) groups is 2. The second kappa shape index (κ2) is 7.27. The van der Waals surface area contributed by atoms with Gasteiger partial charge in [0.05, 0.1) is 18.8 Å². The highest BCUT2D eigenvalue weighted by molar-refractivity contribution is 5.99. The molecule has 1 saturated carbocycles. The van der Waals surface area contributed by atoms with Gasteiger partial charge in [-0.15, -0.1) is 0 Å². The zero-order valence-electron chi connectivity index (χ0n) is 14.8. The predicted octanol–water partition coefficient (Wildman–Crippen LogP) is 2.79. The minimum atomic E-state index is -0.709. The molecule has 0 spiro atoms. The minimum Gasteiger partial charge on any atom is -0.493 e. The standard InChI is InChI=1S/C20H17FN4O3/c21-7-6-14(26)12-2-1-3-15-17(12)18-13(10-28-15)19(18)25-20(27)24-16-5-4-11(8-22)9-23-16/h1-5,9,13,18-19H,6-7,10H2,(H2,23,24,25,27)/t13-,18-,19?/m0/s1. The normalized spacial score (nSPS) is 21.4. The Hall–Kier alpha value is -3.47. The average Bonchev–Trinajstić information content (AvgIpc) is 3.41. The Kier molecular flexibility index (Phi) is 4.65. The largest absolute Gasteiger partial charge is 0.493 e. The number of alkyl halides is 1. The summed E-state index contributed by atoms with van der Waals surface area (Å²) in [5.74, 6) is 0.704. The number of Topliss-reactive ketones (excluding diaryl/α,β-unsaturated/α-hetero) is 1. The molecule has 4 rings (SSSR count). The Morgan fingerprint density at radius 1 is 1.32 bits per heavy atom. The molecule has 0 radical (unpaired) electrons. The summed E-state index contributed by atoms with van der Waals surface area (Å²) in [5.41, 5.74) is 1.61. The smallest absolute Gasteiger partial charge is 0.320 e. The lowest BCUT2D eigenvalue weighted by atomic mass is 9.95. The predicted molar refractivity (Wildman–Crippen MR) is 98.0 cm³/mol. The molecule has 7 nitrogen and oxygen atoms in total. The third-order valence-corrected chi connectivity index (χ3v) is 5.05. The second-order valence-corrected chi connectivity index (χ2v) is 6.75. The number of ether oxygens (including phenoxy) is 1. The molecule has 8 heteroatoms. The summed E-state index contributed by atoms with van der Waals surface area (Å²) in [5, 5.41) is 14.3. The van der Waals surface area contributed by atoms with Crippen LogP contribution in [-0.4, -0.2) is 36.1 Å². The average molecular weight is 380 g/mol. The number of ketones is 1. The number of halogens is 1. The molecule has 2 aliphatic rings. The molecular formula is C20H17FN4O3. The number of carbonyl (C=O) groups excluding carboxylic acids is 2. The zero-order valence-corrected chi connectivity index (χ0v) is 14.8. The van der Waals surface area contributed by atoms with Crippen molar-refractivity contribution in [1.29, 1.82) is 5.26 Å². The van der Waals surface area contributed by atoms with Crippen molar-refractivity contribution in [2.45, 2.75) is 18.4 Å². The number of amides is 2. The van der Waals surface area contributed by atoms with Gasteiger partial charge in [0.25, 0.3) is 0 Å². The van der Waals surface area contributed by atoms with Crippen molar-refractivity contribution < 1.29 is 18.7 Å². The lowest BCUT2D eigenvalue weighted by Crippen LogP contribution is -2.32.